The van der Waals surface area contributed by atoms with Crippen molar-refractivity contribution in [1.29, 1.82) is 0 Å². The molecule has 3 unspecified atom stereocenters. The lowest BCUT2D eigenvalue weighted by Gasteiger charge is -2.36. The number of piperidine rings is 1. The van der Waals surface area contributed by atoms with E-state index in [1.807, 2.05) is 11.3 Å². The van der Waals surface area contributed by atoms with Gasteiger partial charge >= 0.3 is 0 Å². The van der Waals surface area contributed by atoms with Crippen LogP contribution in [0.15, 0.2) is 12.1 Å². The predicted molar refractivity (Wildman–Crippen MR) is 80.5 cm³/mol. The fourth-order valence-corrected chi connectivity index (χ4v) is 3.82. The van der Waals surface area contributed by atoms with Gasteiger partial charge in [0.2, 0.25) is 0 Å². The van der Waals surface area contributed by atoms with E-state index in [1.54, 1.807) is 0 Å². The Morgan fingerprint density at radius 3 is 2.89 bits per heavy atom. The number of nitrogens with zero attached hydrogens (tertiary/aromatic N) is 1. The number of hydrogen-bond donors (Lipinski definition) is 1. The summed E-state index contributed by atoms with van der Waals surface area (Å²) in [6.45, 7) is 8.06. The Morgan fingerprint density at radius 1 is 1.50 bits per heavy atom. The van der Waals surface area contributed by atoms with Crippen LogP contribution in [0.1, 0.15) is 36.4 Å². The van der Waals surface area contributed by atoms with Gasteiger partial charge < -0.3 is 10.2 Å². The van der Waals surface area contributed by atoms with Crippen LogP contribution in [-0.4, -0.2) is 36.6 Å². The lowest BCUT2D eigenvalue weighted by molar-refractivity contribution is 0.163. The summed E-state index contributed by atoms with van der Waals surface area (Å²) < 4.78 is 0. The molecule has 1 saturated heterocycles. The molecule has 0 bridgehead atoms. The van der Waals surface area contributed by atoms with Crippen molar-refractivity contribution < 1.29 is 0 Å². The second kappa shape index (κ2) is 6.18. The Balaban J connectivity index is 1.79. The summed E-state index contributed by atoms with van der Waals surface area (Å²) in [6.07, 6.45) is 3.73. The molecule has 1 N–H and O–H groups in total. The standard InChI is InChI=1S/C15H26N2S/c1-11(9-15-6-5-13(3)18-15)16-14-7-8-17(4)12(2)10-14/h5-6,11-12,14,16H,7-10H2,1-4H3. The highest BCUT2D eigenvalue weighted by atomic mass is 32.1. The van der Waals surface area contributed by atoms with Crippen molar-refractivity contribution in [2.75, 3.05) is 13.6 Å². The first kappa shape index (κ1) is 14.0. The highest BCUT2D eigenvalue weighted by Crippen LogP contribution is 2.19. The quantitative estimate of drug-likeness (QED) is 0.901. The van der Waals surface area contributed by atoms with Crippen molar-refractivity contribution in [3.63, 3.8) is 0 Å². The van der Waals surface area contributed by atoms with Crippen LogP contribution >= 0.6 is 11.3 Å². The van der Waals surface area contributed by atoms with E-state index in [0.29, 0.717) is 18.1 Å². The molecule has 2 rings (SSSR count). The average Bonchev–Trinajstić information content (AvgIpc) is 2.69. The highest BCUT2D eigenvalue weighted by Gasteiger charge is 2.23. The summed E-state index contributed by atoms with van der Waals surface area (Å²) in [4.78, 5) is 5.39. The summed E-state index contributed by atoms with van der Waals surface area (Å²) in [5.74, 6) is 0. The maximum atomic E-state index is 3.81. The first-order valence-electron chi connectivity index (χ1n) is 7.06. The smallest absolute Gasteiger partial charge is 0.00966 e. The number of rotatable bonds is 4. The summed E-state index contributed by atoms with van der Waals surface area (Å²) >= 11 is 1.93. The Bertz CT molecular complexity index is 374. The van der Waals surface area contributed by atoms with Gasteiger partial charge in [-0.25, -0.2) is 0 Å². The number of nitrogens with one attached hydrogen (secondary N) is 1. The molecule has 1 aliphatic heterocycles. The monoisotopic (exact) mass is 266 g/mol. The number of thiophene rings is 1. The zero-order valence-corrected chi connectivity index (χ0v) is 12.9. The molecule has 0 saturated carbocycles. The van der Waals surface area contributed by atoms with Gasteiger partial charge in [0.25, 0.3) is 0 Å². The van der Waals surface area contributed by atoms with Gasteiger partial charge in [-0.3, -0.25) is 0 Å². The lowest BCUT2D eigenvalue weighted by atomic mass is 9.98. The van der Waals surface area contributed by atoms with E-state index in [2.05, 4.69) is 50.2 Å². The fourth-order valence-electron chi connectivity index (χ4n) is 2.80. The minimum atomic E-state index is 0.587. The second-order valence-electron chi connectivity index (χ2n) is 5.84. The number of aryl methyl sites for hydroxylation is 1. The SMILES string of the molecule is Cc1ccc(CC(C)NC2CCN(C)C(C)C2)s1. The highest BCUT2D eigenvalue weighted by molar-refractivity contribution is 7.11. The first-order valence-corrected chi connectivity index (χ1v) is 7.88. The van der Waals surface area contributed by atoms with E-state index < -0.39 is 0 Å². The molecular formula is C15H26N2S. The Morgan fingerprint density at radius 2 is 2.28 bits per heavy atom. The van der Waals surface area contributed by atoms with Gasteiger partial charge in [-0.2, -0.15) is 0 Å². The van der Waals surface area contributed by atoms with Crippen LogP contribution in [0.5, 0.6) is 0 Å². The summed E-state index contributed by atoms with van der Waals surface area (Å²) in [7, 11) is 2.23. The van der Waals surface area contributed by atoms with Gasteiger partial charge in [-0.05, 0) is 65.8 Å². The zero-order chi connectivity index (χ0) is 13.1. The fraction of sp³-hybridized carbons (Fsp3) is 0.733. The second-order valence-corrected chi connectivity index (χ2v) is 7.21. The minimum absolute atomic E-state index is 0.587. The van der Waals surface area contributed by atoms with Gasteiger partial charge in [-0.1, -0.05) is 0 Å². The summed E-state index contributed by atoms with van der Waals surface area (Å²) in [5.41, 5.74) is 0. The molecule has 1 aromatic heterocycles. The van der Waals surface area contributed by atoms with E-state index >= 15 is 0 Å². The van der Waals surface area contributed by atoms with E-state index in [1.165, 1.54) is 35.6 Å². The van der Waals surface area contributed by atoms with Crippen molar-refractivity contribution in [2.45, 2.75) is 58.2 Å². The minimum Gasteiger partial charge on any atom is -0.311 e. The van der Waals surface area contributed by atoms with Crippen molar-refractivity contribution >= 4 is 11.3 Å². The summed E-state index contributed by atoms with van der Waals surface area (Å²) in [5, 5.41) is 3.81. The molecule has 0 amide bonds. The molecule has 0 aromatic carbocycles. The molecule has 0 aliphatic carbocycles. The molecule has 2 heterocycles. The van der Waals surface area contributed by atoms with Gasteiger partial charge in [0.1, 0.15) is 0 Å². The molecule has 3 atom stereocenters. The molecule has 1 aliphatic rings. The lowest BCUT2D eigenvalue weighted by Crippen LogP contribution is -2.48. The summed E-state index contributed by atoms with van der Waals surface area (Å²) in [6, 6.07) is 6.50. The number of likely N-dealkylation sites (tertiary alicyclic amines) is 1. The number of hydrogen-bond acceptors (Lipinski definition) is 3. The molecule has 0 spiro atoms. The molecular weight excluding hydrogens is 240 g/mol. The Kier molecular flexibility index (Phi) is 4.82. The van der Waals surface area contributed by atoms with Gasteiger partial charge in [-0.15, -0.1) is 11.3 Å². The third-order valence-electron chi connectivity index (χ3n) is 4.03. The van der Waals surface area contributed by atoms with Crippen LogP contribution < -0.4 is 5.32 Å². The van der Waals surface area contributed by atoms with Crippen LogP contribution in [0.3, 0.4) is 0 Å². The molecule has 0 radical (unpaired) electrons. The largest absolute Gasteiger partial charge is 0.311 e. The third kappa shape index (κ3) is 3.81. The van der Waals surface area contributed by atoms with E-state index in [-0.39, 0.29) is 0 Å². The van der Waals surface area contributed by atoms with E-state index in [9.17, 15) is 0 Å². The maximum Gasteiger partial charge on any atom is 0.00966 e. The van der Waals surface area contributed by atoms with Crippen molar-refractivity contribution in [3.8, 4) is 0 Å². The molecule has 1 fully saturated rings. The molecule has 3 heteroatoms. The third-order valence-corrected chi connectivity index (χ3v) is 5.05. The molecule has 2 nitrogen and oxygen atoms in total. The van der Waals surface area contributed by atoms with Crippen LogP contribution in [0.2, 0.25) is 0 Å². The average molecular weight is 266 g/mol. The zero-order valence-electron chi connectivity index (χ0n) is 12.1. The van der Waals surface area contributed by atoms with Crippen LogP contribution in [0, 0.1) is 6.92 Å². The normalized spacial score (nSPS) is 27.3. The van der Waals surface area contributed by atoms with Crippen LogP contribution in [0.4, 0.5) is 0 Å². The molecule has 1 aromatic rings. The van der Waals surface area contributed by atoms with E-state index in [0.717, 1.165) is 0 Å². The Hall–Kier alpha value is -0.380. The van der Waals surface area contributed by atoms with Crippen molar-refractivity contribution in [3.05, 3.63) is 21.9 Å². The molecule has 18 heavy (non-hydrogen) atoms. The maximum absolute atomic E-state index is 3.81. The van der Waals surface area contributed by atoms with Gasteiger partial charge in [0.15, 0.2) is 0 Å². The molecule has 102 valence electrons. The van der Waals surface area contributed by atoms with Crippen LogP contribution in [0.25, 0.3) is 0 Å². The first-order chi connectivity index (χ1) is 8.54. The Labute approximate surface area is 115 Å². The topological polar surface area (TPSA) is 15.3 Å². The predicted octanol–water partition coefficient (Wildman–Crippen LogP) is 3.06. The van der Waals surface area contributed by atoms with Crippen molar-refractivity contribution in [2.24, 2.45) is 0 Å². The van der Waals surface area contributed by atoms with Crippen molar-refractivity contribution in [1.82, 2.24) is 10.2 Å². The van der Waals surface area contributed by atoms with Gasteiger partial charge in [0.05, 0.1) is 0 Å². The van der Waals surface area contributed by atoms with Gasteiger partial charge in [0, 0.05) is 27.9 Å². The van der Waals surface area contributed by atoms with Crippen LogP contribution in [-0.2, 0) is 6.42 Å². The van der Waals surface area contributed by atoms with E-state index in [4.69, 9.17) is 0 Å².